The van der Waals surface area contributed by atoms with Gasteiger partial charge < -0.3 is 9.52 Å². The molecule has 6 nitrogen and oxygen atoms in total. The first-order valence-electron chi connectivity index (χ1n) is 8.03. The van der Waals surface area contributed by atoms with Crippen molar-refractivity contribution >= 4 is 38.7 Å². The van der Waals surface area contributed by atoms with Crippen molar-refractivity contribution in [2.24, 2.45) is 0 Å². The number of benzene rings is 2. The van der Waals surface area contributed by atoms with Crippen LogP contribution in [0.15, 0.2) is 57.8 Å². The summed E-state index contributed by atoms with van der Waals surface area (Å²) in [5.74, 6) is -0.229. The Morgan fingerprint density at radius 3 is 2.54 bits per heavy atom. The fraction of sp³-hybridized carbons (Fsp3) is 0.105. The zero-order chi connectivity index (χ0) is 18.5. The maximum Gasteiger partial charge on any atom is 0.265 e. The number of carbonyl (C=O) groups is 1. The molecule has 0 fully saturated rings. The number of aldehydes is 1. The number of hydrogen-bond donors (Lipinski definition) is 1. The van der Waals surface area contributed by atoms with Crippen molar-refractivity contribution < 1.29 is 22.7 Å². The maximum atomic E-state index is 13.1. The summed E-state index contributed by atoms with van der Waals surface area (Å²) in [5, 5.41) is 11.5. The molecule has 0 saturated carbocycles. The first kappa shape index (κ1) is 16.4. The Labute approximate surface area is 150 Å². The molecule has 0 unspecified atom stereocenters. The lowest BCUT2D eigenvalue weighted by Crippen LogP contribution is -2.34. The fourth-order valence-electron chi connectivity index (χ4n) is 3.33. The average Bonchev–Trinajstić information content (AvgIpc) is 3.03. The second kappa shape index (κ2) is 5.74. The van der Waals surface area contributed by atoms with Crippen LogP contribution in [-0.2, 0) is 10.0 Å². The number of fused-ring (bicyclic) bond motifs is 2. The van der Waals surface area contributed by atoms with Gasteiger partial charge in [-0.15, -0.1) is 0 Å². The van der Waals surface area contributed by atoms with Crippen molar-refractivity contribution in [3.8, 4) is 0 Å². The number of aliphatic hydroxyl groups is 1. The second-order valence-electron chi connectivity index (χ2n) is 5.82. The van der Waals surface area contributed by atoms with Crippen molar-refractivity contribution in [2.75, 3.05) is 6.54 Å². The lowest BCUT2D eigenvalue weighted by Gasteiger charge is -2.31. The normalized spacial score (nSPS) is 16.0. The van der Waals surface area contributed by atoms with Crippen molar-refractivity contribution in [2.45, 2.75) is 11.8 Å². The van der Waals surface area contributed by atoms with Crippen LogP contribution in [0.1, 0.15) is 28.6 Å². The lowest BCUT2D eigenvalue weighted by molar-refractivity contribution is 0.110. The molecule has 0 amide bonds. The van der Waals surface area contributed by atoms with Gasteiger partial charge in [0, 0.05) is 17.5 Å². The topological polar surface area (TPSA) is 87.8 Å². The molecule has 3 aromatic rings. The predicted molar refractivity (Wildman–Crippen MR) is 97.1 cm³/mol. The van der Waals surface area contributed by atoms with Gasteiger partial charge in [-0.05, 0) is 25.1 Å². The van der Waals surface area contributed by atoms with E-state index in [0.29, 0.717) is 17.3 Å². The molecule has 0 radical (unpaired) electrons. The van der Waals surface area contributed by atoms with Crippen LogP contribution in [0, 0.1) is 0 Å². The molecule has 2 heterocycles. The monoisotopic (exact) mass is 369 g/mol. The van der Waals surface area contributed by atoms with E-state index in [0.717, 1.165) is 4.31 Å². The number of carbonyl (C=O) groups excluding carboxylic acids is 1. The van der Waals surface area contributed by atoms with Crippen LogP contribution in [0.2, 0.25) is 0 Å². The number of nitrogens with zero attached hydrogens (tertiary/aromatic N) is 1. The van der Waals surface area contributed by atoms with E-state index < -0.39 is 10.0 Å². The Kier molecular flexibility index (Phi) is 3.62. The Morgan fingerprint density at radius 2 is 1.81 bits per heavy atom. The Morgan fingerprint density at radius 1 is 1.12 bits per heavy atom. The first-order valence-corrected chi connectivity index (χ1v) is 9.47. The minimum absolute atomic E-state index is 0.0271. The first-order chi connectivity index (χ1) is 12.5. The summed E-state index contributed by atoms with van der Waals surface area (Å²) in [6.07, 6.45) is 0.524. The summed E-state index contributed by atoms with van der Waals surface area (Å²) in [6, 6.07) is 13.2. The number of para-hydroxylation sites is 1. The zero-order valence-electron chi connectivity index (χ0n) is 13.8. The molecule has 0 spiro atoms. The molecule has 0 aliphatic carbocycles. The molecule has 1 aromatic heterocycles. The van der Waals surface area contributed by atoms with Crippen molar-refractivity contribution in [3.63, 3.8) is 0 Å². The number of hydrogen-bond acceptors (Lipinski definition) is 5. The Balaban J connectivity index is 2.16. The quantitative estimate of drug-likeness (QED) is 0.712. The van der Waals surface area contributed by atoms with E-state index in [1.54, 1.807) is 43.3 Å². The maximum absolute atomic E-state index is 13.1. The van der Waals surface area contributed by atoms with Gasteiger partial charge in [0.25, 0.3) is 10.0 Å². The molecule has 7 heteroatoms. The van der Waals surface area contributed by atoms with Gasteiger partial charge in [0.1, 0.15) is 17.0 Å². The predicted octanol–water partition coefficient (Wildman–Crippen LogP) is 3.65. The third kappa shape index (κ3) is 2.10. The third-order valence-electron chi connectivity index (χ3n) is 4.44. The number of aliphatic hydroxyl groups excluding tert-OH is 1. The van der Waals surface area contributed by atoms with Crippen LogP contribution < -0.4 is 0 Å². The lowest BCUT2D eigenvalue weighted by atomic mass is 10.0. The van der Waals surface area contributed by atoms with E-state index in [-0.39, 0.29) is 39.8 Å². The van der Waals surface area contributed by atoms with E-state index in [1.165, 1.54) is 12.1 Å². The fourth-order valence-corrected chi connectivity index (χ4v) is 5.02. The highest BCUT2D eigenvalue weighted by molar-refractivity contribution is 7.89. The molecular weight excluding hydrogens is 354 g/mol. The minimum atomic E-state index is -3.88. The van der Waals surface area contributed by atoms with Crippen molar-refractivity contribution in [1.29, 1.82) is 0 Å². The summed E-state index contributed by atoms with van der Waals surface area (Å²) in [5.41, 5.74) is 0.970. The van der Waals surface area contributed by atoms with Gasteiger partial charge in [0.05, 0.1) is 10.5 Å². The number of sulfonamides is 1. The van der Waals surface area contributed by atoms with E-state index in [2.05, 4.69) is 0 Å². The van der Waals surface area contributed by atoms with Crippen LogP contribution >= 0.6 is 0 Å². The standard InChI is InChI=1S/C19H15NO5S/c1-2-20-18(17-12-7-3-5-9-14(12)25-15(17)11-21)19(22)13-8-4-6-10-16(13)26(20,23)24/h3-11,22H,2H2,1H3. The van der Waals surface area contributed by atoms with E-state index in [1.807, 2.05) is 0 Å². The SMILES string of the molecule is CCN1C(c2c(C=O)oc3ccccc23)=C(O)c2ccccc2S1(=O)=O. The highest BCUT2D eigenvalue weighted by Crippen LogP contribution is 2.43. The van der Waals surface area contributed by atoms with Crippen molar-refractivity contribution in [3.05, 3.63) is 65.4 Å². The molecule has 2 aromatic carbocycles. The molecule has 4 rings (SSSR count). The zero-order valence-corrected chi connectivity index (χ0v) is 14.7. The van der Waals surface area contributed by atoms with Crippen LogP contribution in [0.5, 0.6) is 0 Å². The highest BCUT2D eigenvalue weighted by Gasteiger charge is 2.38. The smallest absolute Gasteiger partial charge is 0.265 e. The molecule has 0 bridgehead atoms. The van der Waals surface area contributed by atoms with Crippen molar-refractivity contribution in [1.82, 2.24) is 4.31 Å². The van der Waals surface area contributed by atoms with Gasteiger partial charge in [-0.25, -0.2) is 8.42 Å². The largest absolute Gasteiger partial charge is 0.505 e. The molecule has 1 aliphatic rings. The molecule has 132 valence electrons. The molecule has 1 N–H and O–H groups in total. The van der Waals surface area contributed by atoms with E-state index in [9.17, 15) is 18.3 Å². The van der Waals surface area contributed by atoms with E-state index in [4.69, 9.17) is 4.42 Å². The number of furan rings is 1. The summed E-state index contributed by atoms with van der Waals surface area (Å²) < 4.78 is 32.8. The summed E-state index contributed by atoms with van der Waals surface area (Å²) in [7, 11) is -3.88. The summed E-state index contributed by atoms with van der Waals surface area (Å²) in [4.78, 5) is 11.6. The van der Waals surface area contributed by atoms with Gasteiger partial charge in [-0.3, -0.25) is 9.10 Å². The average molecular weight is 369 g/mol. The van der Waals surface area contributed by atoms with Gasteiger partial charge in [-0.2, -0.15) is 0 Å². The van der Waals surface area contributed by atoms with Gasteiger partial charge in [0.2, 0.25) is 0 Å². The van der Waals surface area contributed by atoms with Crippen LogP contribution in [0.25, 0.3) is 22.4 Å². The Hall–Kier alpha value is -3.06. The van der Waals surface area contributed by atoms with Crippen LogP contribution in [-0.4, -0.2) is 30.7 Å². The molecular formula is C19H15NO5S. The molecule has 0 atom stereocenters. The van der Waals surface area contributed by atoms with Crippen LogP contribution in [0.3, 0.4) is 0 Å². The van der Waals surface area contributed by atoms with Gasteiger partial charge >= 0.3 is 0 Å². The Bertz CT molecular complexity index is 1170. The third-order valence-corrected chi connectivity index (χ3v) is 6.37. The molecule has 26 heavy (non-hydrogen) atoms. The number of rotatable bonds is 3. The van der Waals surface area contributed by atoms with Gasteiger partial charge in [-0.1, -0.05) is 30.3 Å². The summed E-state index contributed by atoms with van der Waals surface area (Å²) in [6.45, 7) is 1.76. The van der Waals surface area contributed by atoms with Gasteiger partial charge in [0.15, 0.2) is 12.0 Å². The van der Waals surface area contributed by atoms with E-state index >= 15 is 0 Å². The molecule has 0 saturated heterocycles. The highest BCUT2D eigenvalue weighted by atomic mass is 32.2. The van der Waals surface area contributed by atoms with Crippen LogP contribution in [0.4, 0.5) is 0 Å². The minimum Gasteiger partial charge on any atom is -0.505 e. The summed E-state index contributed by atoms with van der Waals surface area (Å²) >= 11 is 0. The molecule has 1 aliphatic heterocycles. The second-order valence-corrected chi connectivity index (χ2v) is 7.65.